The van der Waals surface area contributed by atoms with Crippen LogP contribution in [0.4, 0.5) is 0 Å². The molecule has 0 saturated heterocycles. The third-order valence-electron chi connectivity index (χ3n) is 3.13. The number of allylic oxidation sites excluding steroid dienone is 6. The molecule has 0 fully saturated rings. The highest BCUT2D eigenvalue weighted by Gasteiger charge is 2.16. The average Bonchev–Trinajstić information content (AvgIpc) is 2.44. The monoisotopic (exact) mass is 268 g/mol. The van der Waals surface area contributed by atoms with Crippen molar-refractivity contribution in [3.8, 4) is 0 Å². The molecule has 0 radical (unpaired) electrons. The van der Waals surface area contributed by atoms with Gasteiger partial charge in [0, 0.05) is 9.80 Å². The standard InChI is InChI=1S/C18H20S/c1-3-9-15-11-8-12-16(10-4-2)18(15)19-17-13-6-5-7-14-17/h3-7,9-10,13-14H,1,8,11-12H2,2H3. The van der Waals surface area contributed by atoms with Crippen LogP contribution >= 0.6 is 11.8 Å². The fourth-order valence-corrected chi connectivity index (χ4v) is 3.43. The van der Waals surface area contributed by atoms with Crippen molar-refractivity contribution in [1.82, 2.24) is 0 Å². The van der Waals surface area contributed by atoms with Crippen molar-refractivity contribution in [2.24, 2.45) is 0 Å². The van der Waals surface area contributed by atoms with Gasteiger partial charge in [0.05, 0.1) is 0 Å². The third kappa shape index (κ3) is 3.74. The lowest BCUT2D eigenvalue weighted by Gasteiger charge is -2.21. The number of rotatable bonds is 4. The number of thioether (sulfide) groups is 1. The van der Waals surface area contributed by atoms with Crippen molar-refractivity contribution in [1.29, 1.82) is 0 Å². The van der Waals surface area contributed by atoms with E-state index < -0.39 is 0 Å². The van der Waals surface area contributed by atoms with Crippen LogP contribution < -0.4 is 0 Å². The van der Waals surface area contributed by atoms with Gasteiger partial charge in [-0.15, -0.1) is 0 Å². The largest absolute Gasteiger partial charge is 0.0991 e. The Morgan fingerprint density at radius 2 is 1.95 bits per heavy atom. The van der Waals surface area contributed by atoms with Gasteiger partial charge in [0.15, 0.2) is 0 Å². The molecular weight excluding hydrogens is 248 g/mol. The smallest absolute Gasteiger partial charge is 0.0186 e. The van der Waals surface area contributed by atoms with Crippen LogP contribution in [-0.2, 0) is 0 Å². The molecule has 0 unspecified atom stereocenters. The van der Waals surface area contributed by atoms with Crippen molar-refractivity contribution >= 4 is 11.8 Å². The molecule has 1 aliphatic rings. The van der Waals surface area contributed by atoms with E-state index in [1.54, 1.807) is 0 Å². The summed E-state index contributed by atoms with van der Waals surface area (Å²) in [5, 5.41) is 0. The number of hydrogen-bond acceptors (Lipinski definition) is 1. The Balaban J connectivity index is 2.37. The Morgan fingerprint density at radius 1 is 1.16 bits per heavy atom. The summed E-state index contributed by atoms with van der Waals surface area (Å²) in [7, 11) is 0. The topological polar surface area (TPSA) is 0 Å². The summed E-state index contributed by atoms with van der Waals surface area (Å²) in [5.41, 5.74) is 2.87. The fraction of sp³-hybridized carbons (Fsp3) is 0.222. The minimum absolute atomic E-state index is 1.16. The Hall–Kier alpha value is -1.47. The first-order valence-corrected chi connectivity index (χ1v) is 7.57. The van der Waals surface area contributed by atoms with Crippen LogP contribution in [0.25, 0.3) is 0 Å². The maximum atomic E-state index is 3.84. The van der Waals surface area contributed by atoms with E-state index in [1.807, 2.05) is 17.8 Å². The molecule has 0 atom stereocenters. The van der Waals surface area contributed by atoms with Crippen LogP contribution in [0.1, 0.15) is 26.2 Å². The molecule has 1 aromatic carbocycles. The van der Waals surface area contributed by atoms with E-state index in [1.165, 1.54) is 33.8 Å². The minimum atomic E-state index is 1.16. The molecule has 2 rings (SSSR count). The first kappa shape index (κ1) is 14.0. The second kappa shape index (κ2) is 7.20. The van der Waals surface area contributed by atoms with Gasteiger partial charge in [-0.25, -0.2) is 0 Å². The molecule has 19 heavy (non-hydrogen) atoms. The molecule has 98 valence electrons. The zero-order chi connectivity index (χ0) is 13.5. The van der Waals surface area contributed by atoms with E-state index in [4.69, 9.17) is 0 Å². The average molecular weight is 268 g/mol. The molecular formula is C18H20S. The lowest BCUT2D eigenvalue weighted by atomic mass is 9.94. The molecule has 0 aliphatic heterocycles. The second-order valence-corrected chi connectivity index (χ2v) is 5.63. The summed E-state index contributed by atoms with van der Waals surface area (Å²) in [6, 6.07) is 10.6. The maximum absolute atomic E-state index is 3.84. The summed E-state index contributed by atoms with van der Waals surface area (Å²) in [5.74, 6) is 0. The van der Waals surface area contributed by atoms with Gasteiger partial charge in [0.1, 0.15) is 0 Å². The second-order valence-electron chi connectivity index (χ2n) is 4.55. The van der Waals surface area contributed by atoms with E-state index in [9.17, 15) is 0 Å². The fourth-order valence-electron chi connectivity index (χ4n) is 2.30. The SMILES string of the molecule is C=CC=C1CCCC(C=CC)=C1Sc1ccccc1. The summed E-state index contributed by atoms with van der Waals surface area (Å²) >= 11 is 1.87. The van der Waals surface area contributed by atoms with Crippen LogP contribution in [-0.4, -0.2) is 0 Å². The van der Waals surface area contributed by atoms with Gasteiger partial charge in [-0.05, 0) is 49.5 Å². The predicted molar refractivity (Wildman–Crippen MR) is 86.3 cm³/mol. The van der Waals surface area contributed by atoms with Crippen molar-refractivity contribution in [3.63, 3.8) is 0 Å². The van der Waals surface area contributed by atoms with Gasteiger partial charge in [-0.3, -0.25) is 0 Å². The van der Waals surface area contributed by atoms with Crippen molar-refractivity contribution in [3.05, 3.63) is 77.3 Å². The summed E-state index contributed by atoms with van der Waals surface area (Å²) in [6.07, 6.45) is 12.0. The van der Waals surface area contributed by atoms with E-state index in [2.05, 4.69) is 62.1 Å². The van der Waals surface area contributed by atoms with Gasteiger partial charge >= 0.3 is 0 Å². The molecule has 1 aliphatic carbocycles. The summed E-state index contributed by atoms with van der Waals surface area (Å²) in [6.45, 7) is 5.93. The van der Waals surface area contributed by atoms with Crippen LogP contribution in [0.15, 0.2) is 82.2 Å². The van der Waals surface area contributed by atoms with Crippen LogP contribution in [0.2, 0.25) is 0 Å². The van der Waals surface area contributed by atoms with E-state index in [0.29, 0.717) is 0 Å². The highest BCUT2D eigenvalue weighted by atomic mass is 32.2. The zero-order valence-electron chi connectivity index (χ0n) is 11.4. The van der Waals surface area contributed by atoms with Crippen LogP contribution in [0, 0.1) is 0 Å². The predicted octanol–water partition coefficient (Wildman–Crippen LogP) is 5.91. The molecule has 0 spiro atoms. The molecule has 1 aromatic rings. The zero-order valence-corrected chi connectivity index (χ0v) is 12.2. The maximum Gasteiger partial charge on any atom is 0.0186 e. The summed E-state index contributed by atoms with van der Waals surface area (Å²) in [4.78, 5) is 2.71. The highest BCUT2D eigenvalue weighted by molar-refractivity contribution is 8.03. The van der Waals surface area contributed by atoms with Gasteiger partial charge in [0.2, 0.25) is 0 Å². The minimum Gasteiger partial charge on any atom is -0.0991 e. The number of hydrogen-bond donors (Lipinski definition) is 0. The number of benzene rings is 1. The first-order valence-electron chi connectivity index (χ1n) is 6.76. The Morgan fingerprint density at radius 3 is 2.63 bits per heavy atom. The highest BCUT2D eigenvalue weighted by Crippen LogP contribution is 2.41. The summed E-state index contributed by atoms with van der Waals surface area (Å²) < 4.78 is 0. The molecule has 0 bridgehead atoms. The molecule has 0 amide bonds. The van der Waals surface area contributed by atoms with E-state index in [0.717, 1.165) is 6.42 Å². The lowest BCUT2D eigenvalue weighted by Crippen LogP contribution is -1.99. The normalized spacial score (nSPS) is 18.3. The van der Waals surface area contributed by atoms with E-state index >= 15 is 0 Å². The Kier molecular flexibility index (Phi) is 5.29. The molecule has 0 aromatic heterocycles. The molecule has 0 N–H and O–H groups in total. The molecule has 1 heteroatoms. The Bertz CT molecular complexity index is 518. The first-order chi connectivity index (χ1) is 9.35. The van der Waals surface area contributed by atoms with E-state index in [-0.39, 0.29) is 0 Å². The van der Waals surface area contributed by atoms with Gasteiger partial charge in [-0.1, -0.05) is 60.8 Å². The van der Waals surface area contributed by atoms with Gasteiger partial charge < -0.3 is 0 Å². The molecule has 0 saturated carbocycles. The van der Waals surface area contributed by atoms with Crippen molar-refractivity contribution < 1.29 is 0 Å². The molecule has 0 heterocycles. The third-order valence-corrected chi connectivity index (χ3v) is 4.36. The van der Waals surface area contributed by atoms with Crippen molar-refractivity contribution in [2.75, 3.05) is 0 Å². The quantitative estimate of drug-likeness (QED) is 0.654. The van der Waals surface area contributed by atoms with Crippen LogP contribution in [0.3, 0.4) is 0 Å². The van der Waals surface area contributed by atoms with Gasteiger partial charge in [-0.2, -0.15) is 0 Å². The van der Waals surface area contributed by atoms with Crippen molar-refractivity contribution in [2.45, 2.75) is 31.1 Å². The molecule has 0 nitrogen and oxygen atoms in total. The Labute approximate surface area is 120 Å². The van der Waals surface area contributed by atoms with Crippen LogP contribution in [0.5, 0.6) is 0 Å². The van der Waals surface area contributed by atoms with Gasteiger partial charge in [0.25, 0.3) is 0 Å². The lowest BCUT2D eigenvalue weighted by molar-refractivity contribution is 0.793.